The van der Waals surface area contributed by atoms with Crippen LogP contribution in [-0.2, 0) is 32.6 Å². The lowest BCUT2D eigenvalue weighted by Crippen LogP contribution is -2.52. The molecule has 0 aliphatic rings. The molecule has 0 aromatic heterocycles. The summed E-state index contributed by atoms with van der Waals surface area (Å²) in [6.45, 7) is 4.15. The lowest BCUT2D eigenvalue weighted by atomic mass is 10.0. The van der Waals surface area contributed by atoms with Crippen LogP contribution in [0.25, 0.3) is 0 Å². The summed E-state index contributed by atoms with van der Waals surface area (Å²) in [5.41, 5.74) is 2.10. The summed E-state index contributed by atoms with van der Waals surface area (Å²) >= 11 is 3.44. The Balaban J connectivity index is 1.88. The van der Waals surface area contributed by atoms with Crippen LogP contribution in [0.5, 0.6) is 0 Å². The van der Waals surface area contributed by atoms with Gasteiger partial charge in [-0.3, -0.25) is 13.9 Å². The average molecular weight is 647 g/mol. The molecule has 10 heteroatoms. The van der Waals surface area contributed by atoms with Crippen molar-refractivity contribution in [3.8, 4) is 0 Å². The molecule has 2 atom stereocenters. The third-order valence-corrected chi connectivity index (χ3v) is 8.53. The fraction of sp³-hybridized carbons (Fsp3) is 0.355. The molecule has 0 radical (unpaired) electrons. The van der Waals surface area contributed by atoms with E-state index in [9.17, 15) is 22.4 Å². The number of carbonyl (C=O) groups excluding carboxylic acids is 2. The summed E-state index contributed by atoms with van der Waals surface area (Å²) in [5, 5.41) is 3.04. The first-order chi connectivity index (χ1) is 19.5. The molecular weight excluding hydrogens is 609 g/mol. The molecule has 0 fully saturated rings. The third-order valence-electron chi connectivity index (χ3n) is 6.81. The average Bonchev–Trinajstić information content (AvgIpc) is 2.94. The maximum Gasteiger partial charge on any atom is 0.243 e. The lowest BCUT2D eigenvalue weighted by molar-refractivity contribution is -0.141. The minimum Gasteiger partial charge on any atom is -0.352 e. The predicted octanol–water partition coefficient (Wildman–Crippen LogP) is 5.69. The van der Waals surface area contributed by atoms with Crippen molar-refractivity contribution in [1.29, 1.82) is 0 Å². The highest BCUT2D eigenvalue weighted by Gasteiger charge is 2.31. The minimum atomic E-state index is -3.67. The van der Waals surface area contributed by atoms with Crippen molar-refractivity contribution >= 4 is 43.5 Å². The Hall–Kier alpha value is -3.24. The fourth-order valence-corrected chi connectivity index (χ4v) is 5.62. The largest absolute Gasteiger partial charge is 0.352 e. The molecule has 0 heterocycles. The number of rotatable bonds is 14. The van der Waals surface area contributed by atoms with Gasteiger partial charge in [0.2, 0.25) is 21.8 Å². The summed E-state index contributed by atoms with van der Waals surface area (Å²) in [5.74, 6) is -0.973. The number of hydrogen-bond donors (Lipinski definition) is 1. The SMILES string of the molecule is CC[C@@H](C)NC(=O)[C@@H](Cc1ccccc1)N(Cc1ccc(Br)cc1)C(=O)CCCN(c1ccc(F)cc1)S(C)(=O)=O. The van der Waals surface area contributed by atoms with E-state index in [0.717, 1.165) is 32.6 Å². The van der Waals surface area contributed by atoms with Crippen molar-refractivity contribution in [2.24, 2.45) is 0 Å². The maximum atomic E-state index is 13.8. The fourth-order valence-electron chi connectivity index (χ4n) is 4.39. The number of halogens is 2. The second-order valence-electron chi connectivity index (χ2n) is 10.1. The van der Waals surface area contributed by atoms with E-state index in [0.29, 0.717) is 12.1 Å². The van der Waals surface area contributed by atoms with Crippen molar-refractivity contribution in [3.63, 3.8) is 0 Å². The number of amides is 2. The molecule has 1 N–H and O–H groups in total. The number of sulfonamides is 1. The van der Waals surface area contributed by atoms with E-state index in [1.807, 2.05) is 68.4 Å². The van der Waals surface area contributed by atoms with E-state index in [4.69, 9.17) is 0 Å². The highest BCUT2D eigenvalue weighted by atomic mass is 79.9. The Morgan fingerprint density at radius 2 is 1.59 bits per heavy atom. The summed E-state index contributed by atoms with van der Waals surface area (Å²) < 4.78 is 40.5. The number of nitrogens with one attached hydrogen (secondary N) is 1. The zero-order valence-electron chi connectivity index (χ0n) is 23.6. The minimum absolute atomic E-state index is 0.0195. The van der Waals surface area contributed by atoms with Crippen LogP contribution in [0, 0.1) is 5.82 Å². The first kappa shape index (κ1) is 32.3. The van der Waals surface area contributed by atoms with E-state index in [2.05, 4.69) is 21.2 Å². The van der Waals surface area contributed by atoms with Gasteiger partial charge in [-0.05, 0) is 67.3 Å². The second-order valence-corrected chi connectivity index (χ2v) is 12.9. The molecule has 7 nitrogen and oxygen atoms in total. The summed E-state index contributed by atoms with van der Waals surface area (Å²) in [7, 11) is -3.67. The molecule has 0 aliphatic carbocycles. The summed E-state index contributed by atoms with van der Waals surface area (Å²) in [6, 6.07) is 21.5. The van der Waals surface area contributed by atoms with Crippen molar-refractivity contribution < 1.29 is 22.4 Å². The molecule has 2 amide bonds. The van der Waals surface area contributed by atoms with Gasteiger partial charge in [-0.2, -0.15) is 0 Å². The van der Waals surface area contributed by atoms with Crippen LogP contribution in [-0.4, -0.2) is 50.0 Å². The Bertz CT molecular complexity index is 1390. The van der Waals surface area contributed by atoms with Crippen LogP contribution in [0.15, 0.2) is 83.3 Å². The van der Waals surface area contributed by atoms with E-state index in [1.165, 1.54) is 24.3 Å². The first-order valence-electron chi connectivity index (χ1n) is 13.6. The molecule has 0 saturated carbocycles. The predicted molar refractivity (Wildman–Crippen MR) is 164 cm³/mol. The molecule has 3 rings (SSSR count). The van der Waals surface area contributed by atoms with Gasteiger partial charge in [0.15, 0.2) is 0 Å². The van der Waals surface area contributed by atoms with Gasteiger partial charge in [-0.1, -0.05) is 65.3 Å². The third kappa shape index (κ3) is 9.97. The highest BCUT2D eigenvalue weighted by Crippen LogP contribution is 2.21. The van der Waals surface area contributed by atoms with Gasteiger partial charge in [-0.25, -0.2) is 12.8 Å². The van der Waals surface area contributed by atoms with Crippen LogP contribution < -0.4 is 9.62 Å². The van der Waals surface area contributed by atoms with E-state index < -0.39 is 21.9 Å². The molecule has 41 heavy (non-hydrogen) atoms. The van der Waals surface area contributed by atoms with E-state index >= 15 is 0 Å². The Kier molecular flexibility index (Phi) is 11.9. The molecule has 220 valence electrons. The smallest absolute Gasteiger partial charge is 0.243 e. The summed E-state index contributed by atoms with van der Waals surface area (Å²) in [6.07, 6.45) is 2.38. The topological polar surface area (TPSA) is 86.8 Å². The normalized spacial score (nSPS) is 12.8. The van der Waals surface area contributed by atoms with Crippen molar-refractivity contribution in [3.05, 3.63) is 100 Å². The van der Waals surface area contributed by atoms with Gasteiger partial charge in [-0.15, -0.1) is 0 Å². The Morgan fingerprint density at radius 1 is 0.951 bits per heavy atom. The Morgan fingerprint density at radius 3 is 2.17 bits per heavy atom. The number of anilines is 1. The van der Waals surface area contributed by atoms with Crippen LogP contribution in [0.4, 0.5) is 10.1 Å². The number of carbonyl (C=O) groups is 2. The van der Waals surface area contributed by atoms with Crippen LogP contribution in [0.3, 0.4) is 0 Å². The second kappa shape index (κ2) is 15.1. The first-order valence-corrected chi connectivity index (χ1v) is 16.2. The maximum absolute atomic E-state index is 13.8. The van der Waals surface area contributed by atoms with Crippen LogP contribution in [0.1, 0.15) is 44.2 Å². The molecule has 3 aromatic rings. The zero-order chi connectivity index (χ0) is 30.0. The van der Waals surface area contributed by atoms with Gasteiger partial charge < -0.3 is 10.2 Å². The molecule has 0 saturated heterocycles. The van der Waals surface area contributed by atoms with Gasteiger partial charge in [0.25, 0.3) is 0 Å². The molecule has 3 aromatic carbocycles. The number of hydrogen-bond acceptors (Lipinski definition) is 4. The van der Waals surface area contributed by atoms with Crippen molar-refractivity contribution in [2.75, 3.05) is 17.1 Å². The van der Waals surface area contributed by atoms with Crippen LogP contribution >= 0.6 is 15.9 Å². The molecule has 0 spiro atoms. The zero-order valence-corrected chi connectivity index (χ0v) is 26.0. The van der Waals surface area contributed by atoms with Gasteiger partial charge >= 0.3 is 0 Å². The van der Waals surface area contributed by atoms with Gasteiger partial charge in [0.05, 0.1) is 11.9 Å². The quantitative estimate of drug-likeness (QED) is 0.244. The number of nitrogens with zero attached hydrogens (tertiary/aromatic N) is 2. The van der Waals surface area contributed by atoms with Gasteiger partial charge in [0, 0.05) is 36.4 Å². The van der Waals surface area contributed by atoms with Crippen molar-refractivity contribution in [2.45, 2.75) is 58.2 Å². The van der Waals surface area contributed by atoms with Crippen LogP contribution in [0.2, 0.25) is 0 Å². The molecule has 0 bridgehead atoms. The Labute approximate surface area is 250 Å². The molecule has 0 unspecified atom stereocenters. The molecule has 0 aliphatic heterocycles. The summed E-state index contributed by atoms with van der Waals surface area (Å²) in [4.78, 5) is 29.0. The van der Waals surface area contributed by atoms with E-state index in [-0.39, 0.29) is 43.8 Å². The standard InChI is InChI=1S/C31H37BrFN3O4S/c1-4-23(2)34-31(38)29(21-24-9-6-5-7-10-24)35(22-25-12-14-26(32)15-13-25)30(37)11-8-20-36(41(3,39)40)28-18-16-27(33)17-19-28/h5-7,9-10,12-19,23,29H,4,8,11,20-22H2,1-3H3,(H,34,38)/t23-,29-/m1/s1. The monoisotopic (exact) mass is 645 g/mol. The lowest BCUT2D eigenvalue weighted by Gasteiger charge is -2.32. The van der Waals surface area contributed by atoms with E-state index in [1.54, 1.807) is 4.90 Å². The molecular formula is C31H37BrFN3O4S. The number of benzene rings is 3. The highest BCUT2D eigenvalue weighted by molar-refractivity contribution is 9.10. The van der Waals surface area contributed by atoms with Gasteiger partial charge in [0.1, 0.15) is 11.9 Å². The van der Waals surface area contributed by atoms with Crippen molar-refractivity contribution in [1.82, 2.24) is 10.2 Å².